The van der Waals surface area contributed by atoms with Crippen molar-refractivity contribution in [2.75, 3.05) is 23.3 Å². The molecular formula is C23H18Cl2F3N3O2S. The number of furan rings is 1. The van der Waals surface area contributed by atoms with Crippen LogP contribution in [0.1, 0.15) is 29.0 Å². The Morgan fingerprint density at radius 3 is 2.47 bits per heavy atom. The molecule has 0 spiro atoms. The minimum absolute atomic E-state index is 0.0565. The van der Waals surface area contributed by atoms with E-state index in [1.54, 1.807) is 24.3 Å². The minimum Gasteiger partial charge on any atom is -0.451 e. The maximum Gasteiger partial charge on any atom is 0.416 e. The van der Waals surface area contributed by atoms with Gasteiger partial charge in [-0.3, -0.25) is 10.1 Å². The summed E-state index contributed by atoms with van der Waals surface area (Å²) in [6.45, 7) is 1.45. The van der Waals surface area contributed by atoms with Crippen molar-refractivity contribution in [2.45, 2.75) is 19.0 Å². The molecule has 0 unspecified atom stereocenters. The molecular weight excluding hydrogens is 510 g/mol. The molecule has 0 aliphatic carbocycles. The van der Waals surface area contributed by atoms with Crippen molar-refractivity contribution in [1.82, 2.24) is 5.32 Å². The van der Waals surface area contributed by atoms with Crippen LogP contribution in [0.15, 0.2) is 52.9 Å². The molecule has 1 fully saturated rings. The number of nitrogens with one attached hydrogen (secondary N) is 2. The number of halogens is 5. The largest absolute Gasteiger partial charge is 0.451 e. The molecule has 2 N–H and O–H groups in total. The molecule has 0 bridgehead atoms. The predicted molar refractivity (Wildman–Crippen MR) is 131 cm³/mol. The molecule has 1 aromatic heterocycles. The molecule has 4 rings (SSSR count). The Morgan fingerprint density at radius 1 is 1.03 bits per heavy atom. The molecule has 5 nitrogen and oxygen atoms in total. The molecule has 1 aliphatic heterocycles. The van der Waals surface area contributed by atoms with Gasteiger partial charge in [-0.25, -0.2) is 0 Å². The van der Waals surface area contributed by atoms with Crippen LogP contribution in [0.4, 0.5) is 24.5 Å². The van der Waals surface area contributed by atoms with Gasteiger partial charge >= 0.3 is 6.18 Å². The van der Waals surface area contributed by atoms with E-state index in [1.807, 2.05) is 4.90 Å². The predicted octanol–water partition coefficient (Wildman–Crippen LogP) is 7.00. The summed E-state index contributed by atoms with van der Waals surface area (Å²) < 4.78 is 45.4. The van der Waals surface area contributed by atoms with Crippen LogP contribution in [0.5, 0.6) is 0 Å². The van der Waals surface area contributed by atoms with Gasteiger partial charge in [0.2, 0.25) is 0 Å². The third-order valence-electron chi connectivity index (χ3n) is 5.27. The number of anilines is 2. The van der Waals surface area contributed by atoms with Crippen molar-refractivity contribution >= 4 is 57.8 Å². The summed E-state index contributed by atoms with van der Waals surface area (Å²) in [5.41, 5.74) is 0.431. The second kappa shape index (κ2) is 9.85. The molecule has 1 amide bonds. The summed E-state index contributed by atoms with van der Waals surface area (Å²) >= 11 is 17.4. The van der Waals surface area contributed by atoms with Crippen LogP contribution in [-0.2, 0) is 6.18 Å². The third-order valence-corrected chi connectivity index (χ3v) is 6.04. The summed E-state index contributed by atoms with van der Waals surface area (Å²) in [4.78, 5) is 14.6. The molecule has 0 radical (unpaired) electrons. The van der Waals surface area contributed by atoms with Crippen LogP contribution in [0.25, 0.3) is 11.3 Å². The van der Waals surface area contributed by atoms with Crippen LogP contribution in [0.3, 0.4) is 0 Å². The van der Waals surface area contributed by atoms with Gasteiger partial charge in [0.25, 0.3) is 5.91 Å². The molecule has 2 aromatic carbocycles. The van der Waals surface area contributed by atoms with Crippen LogP contribution < -0.4 is 15.5 Å². The van der Waals surface area contributed by atoms with E-state index in [0.29, 0.717) is 27.1 Å². The van der Waals surface area contributed by atoms with Crippen LogP contribution >= 0.6 is 35.4 Å². The maximum absolute atomic E-state index is 13.3. The van der Waals surface area contributed by atoms with Crippen molar-refractivity contribution in [3.8, 4) is 11.3 Å². The highest BCUT2D eigenvalue weighted by Crippen LogP contribution is 2.36. The van der Waals surface area contributed by atoms with Gasteiger partial charge in [-0.1, -0.05) is 23.2 Å². The Bertz CT molecular complexity index is 1240. The fourth-order valence-electron chi connectivity index (χ4n) is 3.66. The number of carbonyl (C=O) groups excluding carboxylic acids is 1. The zero-order valence-corrected chi connectivity index (χ0v) is 19.8. The van der Waals surface area contributed by atoms with E-state index in [1.165, 1.54) is 12.1 Å². The summed E-state index contributed by atoms with van der Waals surface area (Å²) in [6.07, 6.45) is -2.63. The molecule has 2 heterocycles. The fraction of sp³-hybridized carbons (Fsp3) is 0.217. The third kappa shape index (κ3) is 5.48. The van der Waals surface area contributed by atoms with E-state index in [0.717, 1.165) is 38.1 Å². The SMILES string of the molecule is O=C(NC(=S)Nc1cc(C(F)(F)F)ccc1N1CCCC1)c1ccc(-c2cc(Cl)ccc2Cl)o1. The van der Waals surface area contributed by atoms with Gasteiger partial charge in [0, 0.05) is 23.7 Å². The number of amides is 1. The lowest BCUT2D eigenvalue weighted by Crippen LogP contribution is -2.34. The van der Waals surface area contributed by atoms with Crippen LogP contribution in [0, 0.1) is 0 Å². The second-order valence-corrected chi connectivity index (χ2v) is 8.87. The highest BCUT2D eigenvalue weighted by atomic mass is 35.5. The normalized spacial score (nSPS) is 13.7. The molecule has 34 heavy (non-hydrogen) atoms. The first kappa shape index (κ1) is 24.4. The molecule has 0 saturated carbocycles. The Hall–Kier alpha value is -2.75. The summed E-state index contributed by atoms with van der Waals surface area (Å²) in [6, 6.07) is 11.3. The Balaban J connectivity index is 1.51. The monoisotopic (exact) mass is 527 g/mol. The van der Waals surface area contributed by atoms with E-state index >= 15 is 0 Å². The van der Waals surface area contributed by atoms with Gasteiger partial charge in [0.05, 0.1) is 22.0 Å². The van der Waals surface area contributed by atoms with Gasteiger partial charge in [-0.2, -0.15) is 13.2 Å². The number of nitrogens with zero attached hydrogens (tertiary/aromatic N) is 1. The van der Waals surface area contributed by atoms with E-state index in [9.17, 15) is 18.0 Å². The van der Waals surface area contributed by atoms with Crippen molar-refractivity contribution in [3.05, 3.63) is 69.9 Å². The van der Waals surface area contributed by atoms with Crippen LogP contribution in [0.2, 0.25) is 10.0 Å². The van der Waals surface area contributed by atoms with Gasteiger partial charge in [-0.05, 0) is 73.6 Å². The molecule has 1 aliphatic rings. The summed E-state index contributed by atoms with van der Waals surface area (Å²) in [7, 11) is 0. The number of benzene rings is 2. The van der Waals surface area contributed by atoms with Gasteiger partial charge in [-0.15, -0.1) is 0 Å². The average Bonchev–Trinajstić information content (AvgIpc) is 3.47. The molecule has 3 aromatic rings. The smallest absolute Gasteiger partial charge is 0.416 e. The zero-order chi connectivity index (χ0) is 24.5. The van der Waals surface area contributed by atoms with Crippen molar-refractivity contribution in [3.63, 3.8) is 0 Å². The minimum atomic E-state index is -4.52. The standard InChI is InChI=1S/C23H18Cl2F3N3O2S/c24-14-4-5-16(25)15(12-14)19-7-8-20(33-19)21(32)30-22(34)29-17-11-13(23(26,27)28)3-6-18(17)31-9-1-2-10-31/h3-8,11-12H,1-2,9-10H2,(H2,29,30,32,34). The Labute approximate surface area is 208 Å². The molecule has 178 valence electrons. The van der Waals surface area contributed by atoms with Gasteiger partial charge in [0.15, 0.2) is 10.9 Å². The summed E-state index contributed by atoms with van der Waals surface area (Å²) in [5.74, 6) is -0.402. The Morgan fingerprint density at radius 2 is 1.76 bits per heavy atom. The maximum atomic E-state index is 13.3. The number of carbonyl (C=O) groups is 1. The van der Waals surface area contributed by atoms with E-state index in [4.69, 9.17) is 39.8 Å². The lowest BCUT2D eigenvalue weighted by atomic mass is 10.1. The first-order chi connectivity index (χ1) is 16.1. The Kier molecular flexibility index (Phi) is 7.06. The number of alkyl halides is 3. The zero-order valence-electron chi connectivity index (χ0n) is 17.5. The second-order valence-electron chi connectivity index (χ2n) is 7.62. The quantitative estimate of drug-likeness (QED) is 0.357. The molecule has 0 atom stereocenters. The molecule has 11 heteroatoms. The fourth-order valence-corrected chi connectivity index (χ4v) is 4.24. The van der Waals surface area contributed by atoms with Crippen molar-refractivity contribution in [2.24, 2.45) is 0 Å². The van der Waals surface area contributed by atoms with E-state index in [2.05, 4.69) is 10.6 Å². The number of thiocarbonyl (C=S) groups is 1. The lowest BCUT2D eigenvalue weighted by molar-refractivity contribution is -0.137. The van der Waals surface area contributed by atoms with Crippen LogP contribution in [-0.4, -0.2) is 24.1 Å². The lowest BCUT2D eigenvalue weighted by Gasteiger charge is -2.23. The number of hydrogen-bond donors (Lipinski definition) is 2. The first-order valence-corrected chi connectivity index (χ1v) is 11.4. The van der Waals surface area contributed by atoms with Crippen molar-refractivity contribution in [1.29, 1.82) is 0 Å². The number of rotatable bonds is 4. The average molecular weight is 528 g/mol. The summed E-state index contributed by atoms with van der Waals surface area (Å²) in [5, 5.41) is 5.85. The topological polar surface area (TPSA) is 57.5 Å². The highest BCUT2D eigenvalue weighted by Gasteiger charge is 2.32. The van der Waals surface area contributed by atoms with Gasteiger partial charge in [0.1, 0.15) is 5.76 Å². The van der Waals surface area contributed by atoms with E-state index < -0.39 is 17.6 Å². The first-order valence-electron chi connectivity index (χ1n) is 10.3. The molecule has 1 saturated heterocycles. The number of hydrogen-bond acceptors (Lipinski definition) is 4. The highest BCUT2D eigenvalue weighted by molar-refractivity contribution is 7.80. The van der Waals surface area contributed by atoms with E-state index in [-0.39, 0.29) is 16.6 Å². The van der Waals surface area contributed by atoms with Gasteiger partial charge < -0.3 is 14.6 Å². The van der Waals surface area contributed by atoms with Crippen molar-refractivity contribution < 1.29 is 22.4 Å².